The third-order valence-corrected chi connectivity index (χ3v) is 15.1. The largest absolute Gasteiger partial charge is 0.492 e. The quantitative estimate of drug-likeness (QED) is 0.212. The molecule has 60 heavy (non-hydrogen) atoms. The molecular weight excluding hydrogens is 789 g/mol. The number of aromatic nitrogens is 1. The number of hydrogen-bond donors (Lipinski definition) is 3. The van der Waals surface area contributed by atoms with Crippen molar-refractivity contribution in [2.24, 2.45) is 17.3 Å². The highest BCUT2D eigenvalue weighted by molar-refractivity contribution is 7.91. The molecule has 0 spiro atoms. The summed E-state index contributed by atoms with van der Waals surface area (Å²) in [5.74, 6) is -1.21. The van der Waals surface area contributed by atoms with Gasteiger partial charge in [-0.2, -0.15) is 0 Å². The molecule has 3 heterocycles. The average molecular weight is 851 g/mol. The Morgan fingerprint density at radius 2 is 1.87 bits per heavy atom. The van der Waals surface area contributed by atoms with Gasteiger partial charge in [0.15, 0.2) is 0 Å². The van der Waals surface area contributed by atoms with Gasteiger partial charge in [0.1, 0.15) is 35.6 Å². The summed E-state index contributed by atoms with van der Waals surface area (Å²) in [5, 5.41) is 6.56. The lowest BCUT2D eigenvalue weighted by Crippen LogP contribution is -2.60. The number of amides is 4. The van der Waals surface area contributed by atoms with E-state index in [1.807, 2.05) is 59.1 Å². The van der Waals surface area contributed by atoms with Crippen molar-refractivity contribution in [2.75, 3.05) is 33.8 Å². The Kier molecular flexibility index (Phi) is 12.2. The van der Waals surface area contributed by atoms with Gasteiger partial charge in [-0.15, -0.1) is 6.58 Å². The van der Waals surface area contributed by atoms with Gasteiger partial charge in [-0.25, -0.2) is 18.2 Å². The molecule has 2 bridgehead atoms. The molecule has 4 amide bonds. The highest BCUT2D eigenvalue weighted by atomic mass is 32.2. The number of alkyl carbamates (subject to hydrolysis) is 1. The molecule has 2 aliphatic heterocycles. The number of ether oxygens (including phenoxy) is 3. The van der Waals surface area contributed by atoms with Gasteiger partial charge in [-0.05, 0) is 95.9 Å². The van der Waals surface area contributed by atoms with Crippen LogP contribution in [0.5, 0.6) is 11.6 Å². The molecule has 1 saturated heterocycles. The summed E-state index contributed by atoms with van der Waals surface area (Å²) in [6, 6.07) is 5.52. The number of carbonyl (C=O) groups is 4. The molecule has 3 saturated carbocycles. The van der Waals surface area contributed by atoms with E-state index in [1.165, 1.54) is 11.0 Å². The molecule has 3 N–H and O–H groups in total. The Labute approximate surface area is 353 Å². The van der Waals surface area contributed by atoms with Gasteiger partial charge in [0.2, 0.25) is 27.7 Å². The summed E-state index contributed by atoms with van der Waals surface area (Å²) in [5.41, 5.74) is -0.866. The Morgan fingerprint density at radius 3 is 2.55 bits per heavy atom. The van der Waals surface area contributed by atoms with Crippen LogP contribution in [-0.2, 0) is 35.6 Å². The highest BCUT2D eigenvalue weighted by Crippen LogP contribution is 2.47. The van der Waals surface area contributed by atoms with Crippen LogP contribution in [0, 0.1) is 17.3 Å². The summed E-state index contributed by atoms with van der Waals surface area (Å²) in [6.07, 6.45) is 6.72. The normalized spacial score (nSPS) is 29.1. The number of carbonyl (C=O) groups excluding carboxylic acids is 4. The molecule has 1 aromatic carbocycles. The molecule has 5 aliphatic rings. The van der Waals surface area contributed by atoms with Crippen LogP contribution in [0.15, 0.2) is 36.9 Å². The molecule has 7 atom stereocenters. The summed E-state index contributed by atoms with van der Waals surface area (Å²) in [7, 11) is 0.0378. The summed E-state index contributed by atoms with van der Waals surface area (Å²) < 4.78 is 46.7. The lowest BCUT2D eigenvalue weighted by molar-refractivity contribution is -0.142. The lowest BCUT2D eigenvalue weighted by Gasteiger charge is -2.35. The molecule has 7 rings (SSSR count). The molecule has 328 valence electrons. The fraction of sp³-hybridized carbons (Fsp3) is 0.659. The van der Waals surface area contributed by atoms with E-state index in [9.17, 15) is 27.6 Å². The van der Waals surface area contributed by atoms with Crippen LogP contribution in [0.25, 0.3) is 10.9 Å². The smallest absolute Gasteiger partial charge is 0.408 e. The van der Waals surface area contributed by atoms with Crippen molar-refractivity contribution in [1.82, 2.24) is 30.1 Å². The second-order valence-electron chi connectivity index (χ2n) is 19.1. The van der Waals surface area contributed by atoms with Gasteiger partial charge in [-0.3, -0.25) is 19.1 Å². The number of fused-ring (bicyclic) bond motifs is 5. The minimum atomic E-state index is -4.01. The predicted octanol–water partition coefficient (Wildman–Crippen LogP) is 4.62. The Hall–Kier alpha value is -4.44. The van der Waals surface area contributed by atoms with Crippen LogP contribution in [0.2, 0.25) is 0 Å². The maximum Gasteiger partial charge on any atom is 0.408 e. The lowest BCUT2D eigenvalue weighted by atomic mass is 9.85. The third kappa shape index (κ3) is 9.24. The number of pyridine rings is 1. The van der Waals surface area contributed by atoms with Crippen LogP contribution in [-0.4, -0.2) is 115 Å². The maximum atomic E-state index is 14.8. The number of benzene rings is 1. The first-order valence-electron chi connectivity index (χ1n) is 21.5. The summed E-state index contributed by atoms with van der Waals surface area (Å²) in [6.45, 7) is 12.2. The van der Waals surface area contributed by atoms with E-state index in [0.29, 0.717) is 43.0 Å². The Bertz CT molecular complexity index is 2120. The molecule has 15 nitrogen and oxygen atoms in total. The second-order valence-corrected chi connectivity index (χ2v) is 21.3. The predicted molar refractivity (Wildman–Crippen MR) is 226 cm³/mol. The second kappa shape index (κ2) is 16.8. The molecular formula is C44H62N6O9S. The number of hydrogen-bond acceptors (Lipinski definition) is 11. The number of nitrogens with one attached hydrogen (secondary N) is 3. The topological polar surface area (TPSA) is 186 Å². The molecule has 4 fully saturated rings. The zero-order valence-corrected chi connectivity index (χ0v) is 36.7. The van der Waals surface area contributed by atoms with Crippen molar-refractivity contribution < 1.29 is 41.8 Å². The number of rotatable bonds is 11. The van der Waals surface area contributed by atoms with Crippen molar-refractivity contribution in [3.05, 3.63) is 42.5 Å². The molecule has 3 aliphatic carbocycles. The number of para-hydroxylation sites is 1. The van der Waals surface area contributed by atoms with E-state index < -0.39 is 73.6 Å². The van der Waals surface area contributed by atoms with Crippen LogP contribution in [0.1, 0.15) is 97.5 Å². The van der Waals surface area contributed by atoms with Gasteiger partial charge < -0.3 is 34.6 Å². The van der Waals surface area contributed by atoms with Crippen molar-refractivity contribution in [1.29, 1.82) is 0 Å². The van der Waals surface area contributed by atoms with Gasteiger partial charge in [0, 0.05) is 24.3 Å². The average Bonchev–Trinajstić information content (AvgIpc) is 4.14. The SMILES string of the molecule is C=C[C@@H]1C[C@]1(NC(=O)[C@@H]1C[C@@H]2CN1C(=O)[C@H](C(C)(C)C)NC(=O)O[C@@H]1C[C@H]1CCCCCc1c(nc3ccccc3c1OCCCN(C)C)O2)C(=O)NS(=O)(=O)C1(C)CC1. The van der Waals surface area contributed by atoms with Crippen molar-refractivity contribution in [3.63, 3.8) is 0 Å². The Balaban J connectivity index is 1.24. The van der Waals surface area contributed by atoms with E-state index in [0.717, 1.165) is 56.0 Å². The Morgan fingerprint density at radius 1 is 1.12 bits per heavy atom. The first-order chi connectivity index (χ1) is 28.4. The minimum absolute atomic E-state index is 0.0302. The van der Waals surface area contributed by atoms with Crippen LogP contribution in [0.4, 0.5) is 4.79 Å². The van der Waals surface area contributed by atoms with Crippen LogP contribution < -0.4 is 24.8 Å². The van der Waals surface area contributed by atoms with E-state index in [-0.39, 0.29) is 31.4 Å². The van der Waals surface area contributed by atoms with Crippen molar-refractivity contribution >= 4 is 44.7 Å². The minimum Gasteiger partial charge on any atom is -0.492 e. The zero-order valence-electron chi connectivity index (χ0n) is 35.9. The van der Waals surface area contributed by atoms with Gasteiger partial charge in [0.05, 0.1) is 29.0 Å². The monoisotopic (exact) mass is 850 g/mol. The highest BCUT2D eigenvalue weighted by Gasteiger charge is 2.63. The molecule has 16 heteroatoms. The van der Waals surface area contributed by atoms with Crippen molar-refractivity contribution in [3.8, 4) is 11.6 Å². The van der Waals surface area contributed by atoms with Gasteiger partial charge >= 0.3 is 6.09 Å². The first-order valence-corrected chi connectivity index (χ1v) is 23.0. The molecule has 1 aromatic heterocycles. The first kappa shape index (κ1) is 43.6. The van der Waals surface area contributed by atoms with E-state index in [4.69, 9.17) is 19.2 Å². The van der Waals surface area contributed by atoms with E-state index >= 15 is 0 Å². The summed E-state index contributed by atoms with van der Waals surface area (Å²) >= 11 is 0. The fourth-order valence-electron chi connectivity index (χ4n) is 8.55. The standard InChI is InChI=1S/C44H62N6O9S/c1-8-28-25-44(28,40(53)48-60(55,56)43(5)19-20-43)47-37(51)33-24-29-26-50(33)39(52)36(42(2,3)4)46-41(54)59-34-23-27(34)15-10-9-11-17-31-35(57-22-14-21-49(6)7)30-16-12-13-18-32(30)45-38(31)58-29/h8,12-13,16,18,27-29,33-34,36H,1,9-11,14-15,17,19-26H2,2-7H3,(H,46,54)(H,47,51)(H,48,53)/t27-,28-,29-,33+,34-,36-,44-/m1/s1. The molecule has 2 aromatic rings. The van der Waals surface area contributed by atoms with E-state index in [2.05, 4.69) is 26.8 Å². The number of sulfonamides is 1. The summed E-state index contributed by atoms with van der Waals surface area (Å²) in [4.78, 5) is 65.1. The molecule has 0 radical (unpaired) electrons. The number of nitrogens with zero attached hydrogens (tertiary/aromatic N) is 3. The van der Waals surface area contributed by atoms with Crippen LogP contribution >= 0.6 is 0 Å². The van der Waals surface area contributed by atoms with Gasteiger partial charge in [0.25, 0.3) is 5.91 Å². The fourth-order valence-corrected chi connectivity index (χ4v) is 9.86. The third-order valence-electron chi connectivity index (χ3n) is 12.9. The van der Waals surface area contributed by atoms with E-state index in [1.54, 1.807) is 6.92 Å². The maximum absolute atomic E-state index is 14.8. The van der Waals surface area contributed by atoms with Gasteiger partial charge in [-0.1, -0.05) is 51.8 Å². The molecule has 0 unspecified atom stereocenters. The van der Waals surface area contributed by atoms with Crippen LogP contribution in [0.3, 0.4) is 0 Å². The van der Waals surface area contributed by atoms with Crippen molar-refractivity contribution in [2.45, 2.75) is 133 Å². The zero-order chi connectivity index (χ0) is 43.2.